The number of rotatable bonds is 9. The maximum absolute atomic E-state index is 13.1. The fourth-order valence-electron chi connectivity index (χ4n) is 3.40. The van der Waals surface area contributed by atoms with Gasteiger partial charge in [0.15, 0.2) is 17.3 Å². The molecule has 2 aromatic carbocycles. The third-order valence-electron chi connectivity index (χ3n) is 5.18. The van der Waals surface area contributed by atoms with Crippen LogP contribution in [0.15, 0.2) is 73.1 Å². The van der Waals surface area contributed by atoms with Crippen molar-refractivity contribution >= 4 is 17.9 Å². The van der Waals surface area contributed by atoms with E-state index in [9.17, 15) is 4.79 Å². The Labute approximate surface area is 203 Å². The number of pyridine rings is 1. The summed E-state index contributed by atoms with van der Waals surface area (Å²) in [7, 11) is 4.75. The summed E-state index contributed by atoms with van der Waals surface area (Å²) in [5, 5.41) is 7.64. The van der Waals surface area contributed by atoms with Gasteiger partial charge in [0.1, 0.15) is 5.75 Å². The first kappa shape index (κ1) is 23.5. The van der Waals surface area contributed by atoms with Crippen molar-refractivity contribution in [2.45, 2.75) is 6.54 Å². The van der Waals surface area contributed by atoms with Gasteiger partial charge in [0.05, 0.1) is 21.3 Å². The zero-order valence-electron chi connectivity index (χ0n) is 19.6. The second kappa shape index (κ2) is 11.0. The SMILES string of the molecule is COc1ccccc1C=CC(=O)n1nc(-c2cccnc2)nc1NCc1ccc(OC)c(OC)c1. The van der Waals surface area contributed by atoms with Gasteiger partial charge in [-0.25, -0.2) is 0 Å². The molecule has 4 rings (SSSR count). The maximum Gasteiger partial charge on any atom is 0.274 e. The number of hydrogen-bond donors (Lipinski definition) is 1. The number of ether oxygens (including phenoxy) is 3. The lowest BCUT2D eigenvalue weighted by Crippen LogP contribution is -2.14. The van der Waals surface area contributed by atoms with Crippen LogP contribution >= 0.6 is 0 Å². The quantitative estimate of drug-likeness (QED) is 0.360. The third kappa shape index (κ3) is 5.47. The van der Waals surface area contributed by atoms with E-state index in [1.165, 1.54) is 10.8 Å². The molecule has 9 nitrogen and oxygen atoms in total. The number of methoxy groups -OCH3 is 3. The Morgan fingerprint density at radius 1 is 0.971 bits per heavy atom. The van der Waals surface area contributed by atoms with Crippen LogP contribution in [0.25, 0.3) is 17.5 Å². The summed E-state index contributed by atoms with van der Waals surface area (Å²) in [6, 6.07) is 16.6. The summed E-state index contributed by atoms with van der Waals surface area (Å²) in [6.07, 6.45) is 6.43. The summed E-state index contributed by atoms with van der Waals surface area (Å²) in [6.45, 7) is 0.384. The zero-order valence-corrected chi connectivity index (χ0v) is 19.6. The number of nitrogens with one attached hydrogen (secondary N) is 1. The average molecular weight is 472 g/mol. The van der Waals surface area contributed by atoms with Crippen molar-refractivity contribution in [2.75, 3.05) is 26.6 Å². The molecule has 4 aromatic rings. The van der Waals surface area contributed by atoms with Gasteiger partial charge in [-0.3, -0.25) is 9.78 Å². The molecule has 0 aliphatic carbocycles. The minimum absolute atomic E-state index is 0.299. The van der Waals surface area contributed by atoms with Crippen LogP contribution in [0.5, 0.6) is 17.2 Å². The number of anilines is 1. The van der Waals surface area contributed by atoms with Crippen LogP contribution in [0.4, 0.5) is 5.95 Å². The first-order valence-electron chi connectivity index (χ1n) is 10.8. The number of benzene rings is 2. The van der Waals surface area contributed by atoms with E-state index < -0.39 is 0 Å². The van der Waals surface area contributed by atoms with Gasteiger partial charge in [-0.1, -0.05) is 24.3 Å². The Morgan fingerprint density at radius 2 is 1.77 bits per heavy atom. The summed E-state index contributed by atoms with van der Waals surface area (Å²) < 4.78 is 17.3. The molecule has 0 saturated carbocycles. The van der Waals surface area contributed by atoms with Crippen LogP contribution < -0.4 is 19.5 Å². The summed E-state index contributed by atoms with van der Waals surface area (Å²) in [5.41, 5.74) is 2.38. The molecule has 0 bridgehead atoms. The fourth-order valence-corrected chi connectivity index (χ4v) is 3.40. The summed E-state index contributed by atoms with van der Waals surface area (Å²) >= 11 is 0. The van der Waals surface area contributed by atoms with Gasteiger partial charge in [-0.05, 0) is 42.0 Å². The molecular formula is C26H25N5O4. The number of carbonyl (C=O) groups excluding carboxylic acids is 1. The summed E-state index contributed by atoms with van der Waals surface area (Å²) in [4.78, 5) is 21.8. The van der Waals surface area contributed by atoms with Crippen molar-refractivity contribution in [3.05, 3.63) is 84.2 Å². The van der Waals surface area contributed by atoms with Crippen molar-refractivity contribution in [3.63, 3.8) is 0 Å². The van der Waals surface area contributed by atoms with Crippen LogP contribution in [0.1, 0.15) is 15.9 Å². The van der Waals surface area contributed by atoms with Crippen molar-refractivity contribution in [1.29, 1.82) is 0 Å². The smallest absolute Gasteiger partial charge is 0.274 e. The topological polar surface area (TPSA) is 100 Å². The Hall–Kier alpha value is -4.66. The number of allylic oxidation sites excluding steroid dienone is 1. The first-order chi connectivity index (χ1) is 17.1. The highest BCUT2D eigenvalue weighted by Crippen LogP contribution is 2.28. The molecule has 2 aromatic heterocycles. The maximum atomic E-state index is 13.1. The van der Waals surface area contributed by atoms with Crippen LogP contribution in [0.3, 0.4) is 0 Å². The molecule has 0 spiro atoms. The van der Waals surface area contributed by atoms with E-state index in [0.29, 0.717) is 41.1 Å². The van der Waals surface area contributed by atoms with Gasteiger partial charge in [0.2, 0.25) is 5.95 Å². The molecule has 0 unspecified atom stereocenters. The predicted molar refractivity (Wildman–Crippen MR) is 133 cm³/mol. The van der Waals surface area contributed by atoms with Crippen LogP contribution in [0, 0.1) is 0 Å². The summed E-state index contributed by atoms with van der Waals surface area (Å²) in [5.74, 6) is 2.22. The Kier molecular flexibility index (Phi) is 7.37. The molecule has 0 radical (unpaired) electrons. The van der Waals surface area contributed by atoms with Gasteiger partial charge in [0, 0.05) is 36.1 Å². The molecule has 0 aliphatic rings. The molecule has 0 aliphatic heterocycles. The van der Waals surface area contributed by atoms with Crippen LogP contribution in [0.2, 0.25) is 0 Å². The van der Waals surface area contributed by atoms with Crippen molar-refractivity contribution < 1.29 is 19.0 Å². The molecule has 0 amide bonds. The lowest BCUT2D eigenvalue weighted by atomic mass is 10.2. The highest BCUT2D eigenvalue weighted by Gasteiger charge is 2.16. The van der Waals surface area contributed by atoms with Crippen molar-refractivity contribution in [3.8, 4) is 28.6 Å². The minimum atomic E-state index is -0.367. The van der Waals surface area contributed by atoms with Gasteiger partial charge in [0.25, 0.3) is 5.91 Å². The normalized spacial score (nSPS) is 10.8. The second-order valence-corrected chi connectivity index (χ2v) is 7.37. The molecule has 2 heterocycles. The number of para-hydroxylation sites is 1. The standard InChI is InChI=1S/C26H25N5O4/c1-33-21-9-5-4-7-19(21)11-13-24(32)31-26(29-25(30-31)20-8-6-14-27-17-20)28-16-18-10-12-22(34-2)23(15-18)35-3/h4-15,17H,16H2,1-3H3,(H,28,29,30). The number of hydrogen-bond acceptors (Lipinski definition) is 8. The lowest BCUT2D eigenvalue weighted by Gasteiger charge is -2.10. The van der Waals surface area contributed by atoms with Gasteiger partial charge in [-0.2, -0.15) is 9.67 Å². The minimum Gasteiger partial charge on any atom is -0.496 e. The van der Waals surface area contributed by atoms with E-state index in [-0.39, 0.29) is 5.91 Å². The van der Waals surface area contributed by atoms with Gasteiger partial charge in [-0.15, -0.1) is 5.10 Å². The third-order valence-corrected chi connectivity index (χ3v) is 5.18. The molecule has 9 heteroatoms. The monoisotopic (exact) mass is 471 g/mol. The molecule has 35 heavy (non-hydrogen) atoms. The number of carbonyl (C=O) groups is 1. The van der Waals surface area contributed by atoms with E-state index in [1.807, 2.05) is 48.5 Å². The van der Waals surface area contributed by atoms with E-state index in [0.717, 1.165) is 11.1 Å². The Balaban J connectivity index is 1.62. The fraction of sp³-hybridized carbons (Fsp3) is 0.154. The van der Waals surface area contributed by atoms with E-state index in [1.54, 1.807) is 45.9 Å². The predicted octanol–water partition coefficient (Wildman–Crippen LogP) is 4.33. The second-order valence-electron chi connectivity index (χ2n) is 7.37. The van der Waals surface area contributed by atoms with Gasteiger partial charge < -0.3 is 19.5 Å². The molecule has 0 saturated heterocycles. The van der Waals surface area contributed by atoms with E-state index in [2.05, 4.69) is 20.4 Å². The highest BCUT2D eigenvalue weighted by atomic mass is 16.5. The molecular weight excluding hydrogens is 446 g/mol. The number of aromatic nitrogens is 4. The Bertz CT molecular complexity index is 1330. The lowest BCUT2D eigenvalue weighted by molar-refractivity contribution is 0.0957. The average Bonchev–Trinajstić information content (AvgIpc) is 3.35. The molecule has 178 valence electrons. The highest BCUT2D eigenvalue weighted by molar-refractivity contribution is 5.95. The largest absolute Gasteiger partial charge is 0.496 e. The first-order valence-corrected chi connectivity index (χ1v) is 10.8. The van der Waals surface area contributed by atoms with Crippen LogP contribution in [-0.2, 0) is 6.54 Å². The van der Waals surface area contributed by atoms with Crippen LogP contribution in [-0.4, -0.2) is 47.0 Å². The van der Waals surface area contributed by atoms with E-state index >= 15 is 0 Å². The van der Waals surface area contributed by atoms with Crippen molar-refractivity contribution in [2.24, 2.45) is 0 Å². The molecule has 0 fully saturated rings. The van der Waals surface area contributed by atoms with Gasteiger partial charge >= 0.3 is 0 Å². The number of nitrogens with zero attached hydrogens (tertiary/aromatic N) is 4. The zero-order chi connectivity index (χ0) is 24.6. The molecule has 0 atom stereocenters. The van der Waals surface area contributed by atoms with E-state index in [4.69, 9.17) is 14.2 Å². The Morgan fingerprint density at radius 3 is 2.51 bits per heavy atom. The van der Waals surface area contributed by atoms with Crippen molar-refractivity contribution in [1.82, 2.24) is 19.7 Å². The molecule has 1 N–H and O–H groups in total.